The topological polar surface area (TPSA) is 81.9 Å². The molecule has 7 nitrogen and oxygen atoms in total. The molecule has 0 aliphatic carbocycles. The summed E-state index contributed by atoms with van der Waals surface area (Å²) in [6.45, 7) is 6.63. The van der Waals surface area contributed by atoms with Gasteiger partial charge in [-0.25, -0.2) is 4.98 Å². The van der Waals surface area contributed by atoms with Crippen LogP contribution in [0.25, 0.3) is 11.3 Å². The molecule has 11 heteroatoms. The van der Waals surface area contributed by atoms with E-state index in [1.807, 2.05) is 55.0 Å². The number of nitrogens with one attached hydrogen (secondary N) is 1. The Balaban J connectivity index is 1.36. The first-order valence-corrected chi connectivity index (χ1v) is 13.5. The fourth-order valence-electron chi connectivity index (χ4n) is 3.32. The predicted octanol–water partition coefficient (Wildman–Crippen LogP) is 6.91. The molecule has 35 heavy (non-hydrogen) atoms. The summed E-state index contributed by atoms with van der Waals surface area (Å²) in [5.74, 6) is 1.46. The fourth-order valence-corrected chi connectivity index (χ4v) is 5.36. The molecule has 0 saturated carbocycles. The minimum Gasteiger partial charge on any atom is -0.483 e. The van der Waals surface area contributed by atoms with Gasteiger partial charge in [-0.1, -0.05) is 52.7 Å². The lowest BCUT2D eigenvalue weighted by molar-refractivity contribution is -0.113. The number of benzene rings is 2. The van der Waals surface area contributed by atoms with Crippen LogP contribution in [0.1, 0.15) is 31.3 Å². The van der Waals surface area contributed by atoms with Gasteiger partial charge in [0.15, 0.2) is 22.2 Å². The summed E-state index contributed by atoms with van der Waals surface area (Å²) in [6.07, 6.45) is -0.290. The van der Waals surface area contributed by atoms with Crippen molar-refractivity contribution in [3.8, 4) is 17.0 Å². The van der Waals surface area contributed by atoms with E-state index < -0.39 is 0 Å². The number of nitrogens with zero attached hydrogens (tertiary/aromatic N) is 4. The highest BCUT2D eigenvalue weighted by Crippen LogP contribution is 2.32. The van der Waals surface area contributed by atoms with Crippen molar-refractivity contribution < 1.29 is 9.53 Å². The van der Waals surface area contributed by atoms with Gasteiger partial charge >= 0.3 is 0 Å². The molecule has 4 aromatic rings. The van der Waals surface area contributed by atoms with E-state index in [0.29, 0.717) is 38.4 Å². The first-order valence-electron chi connectivity index (χ1n) is 10.8. The lowest BCUT2D eigenvalue weighted by atomic mass is 10.2. The van der Waals surface area contributed by atoms with Crippen molar-refractivity contribution in [3.05, 3.63) is 69.3 Å². The number of rotatable bonds is 9. The molecule has 0 spiro atoms. The molecule has 0 aliphatic heterocycles. The standard InChI is InChI=1S/C24H23Cl2N5O2S2/c1-4-31-22(15(3)33-17-8-5-14(2)6-9-17)29-30-24(31)35-13-21(32)28-23-27-20(12-34-23)18-10-7-16(25)11-19(18)26/h5-12,15H,4,13H2,1-3H3,(H,27,28,32). The second-order valence-electron chi connectivity index (χ2n) is 7.66. The molecular weight excluding hydrogens is 525 g/mol. The Kier molecular flexibility index (Phi) is 8.33. The highest BCUT2D eigenvalue weighted by molar-refractivity contribution is 7.99. The number of thioether (sulfide) groups is 1. The van der Waals surface area contributed by atoms with Crippen LogP contribution in [0.2, 0.25) is 10.0 Å². The van der Waals surface area contributed by atoms with Gasteiger partial charge in [0.2, 0.25) is 5.91 Å². The van der Waals surface area contributed by atoms with Gasteiger partial charge in [0.1, 0.15) is 5.75 Å². The maximum absolute atomic E-state index is 12.6. The van der Waals surface area contributed by atoms with Crippen molar-refractivity contribution in [2.45, 2.75) is 38.6 Å². The third-order valence-electron chi connectivity index (χ3n) is 5.05. The SMILES string of the molecule is CCn1c(SCC(=O)Nc2nc(-c3ccc(Cl)cc3Cl)cs2)nnc1C(C)Oc1ccc(C)cc1. The average Bonchev–Trinajstić information content (AvgIpc) is 3.46. The zero-order valence-corrected chi connectivity index (χ0v) is 22.4. The van der Waals surface area contributed by atoms with Gasteiger partial charge < -0.3 is 14.6 Å². The zero-order chi connectivity index (χ0) is 24.9. The molecule has 1 N–H and O–H groups in total. The van der Waals surface area contributed by atoms with E-state index in [0.717, 1.165) is 11.3 Å². The molecule has 4 rings (SSSR count). The van der Waals surface area contributed by atoms with Crippen LogP contribution >= 0.6 is 46.3 Å². The third-order valence-corrected chi connectivity index (χ3v) is 7.32. The van der Waals surface area contributed by atoms with Gasteiger partial charge in [-0.3, -0.25) is 4.79 Å². The van der Waals surface area contributed by atoms with Crippen molar-refractivity contribution in [1.82, 2.24) is 19.7 Å². The van der Waals surface area contributed by atoms with E-state index in [1.54, 1.807) is 18.2 Å². The number of amides is 1. The number of carbonyl (C=O) groups excluding carboxylic acids is 1. The molecule has 0 saturated heterocycles. The molecule has 1 amide bonds. The molecule has 2 aromatic carbocycles. The molecule has 0 radical (unpaired) electrons. The lowest BCUT2D eigenvalue weighted by Gasteiger charge is -2.15. The van der Waals surface area contributed by atoms with Gasteiger partial charge in [0.05, 0.1) is 16.5 Å². The summed E-state index contributed by atoms with van der Waals surface area (Å²) < 4.78 is 7.99. The smallest absolute Gasteiger partial charge is 0.236 e. The molecule has 0 aliphatic rings. The van der Waals surface area contributed by atoms with E-state index in [-0.39, 0.29) is 17.8 Å². The number of halogens is 2. The first-order chi connectivity index (χ1) is 16.8. The Labute approximate surface area is 221 Å². The van der Waals surface area contributed by atoms with Crippen LogP contribution in [0, 0.1) is 6.92 Å². The van der Waals surface area contributed by atoms with Crippen LogP contribution in [-0.2, 0) is 11.3 Å². The minimum absolute atomic E-state index is 0.169. The quantitative estimate of drug-likeness (QED) is 0.229. The number of hydrogen-bond donors (Lipinski definition) is 1. The number of carbonyl (C=O) groups is 1. The monoisotopic (exact) mass is 547 g/mol. The van der Waals surface area contributed by atoms with Crippen LogP contribution in [0.15, 0.2) is 53.0 Å². The van der Waals surface area contributed by atoms with E-state index in [9.17, 15) is 4.79 Å². The van der Waals surface area contributed by atoms with Crippen LogP contribution in [0.5, 0.6) is 5.75 Å². The van der Waals surface area contributed by atoms with E-state index in [2.05, 4.69) is 20.5 Å². The Morgan fingerprint density at radius 3 is 2.69 bits per heavy atom. The maximum Gasteiger partial charge on any atom is 0.236 e. The molecule has 1 unspecified atom stereocenters. The first kappa shape index (κ1) is 25.5. The molecule has 1 atom stereocenters. The number of hydrogen-bond acceptors (Lipinski definition) is 7. The third kappa shape index (κ3) is 6.35. The van der Waals surface area contributed by atoms with Crippen LogP contribution in [0.4, 0.5) is 5.13 Å². The van der Waals surface area contributed by atoms with Crippen LogP contribution in [-0.4, -0.2) is 31.4 Å². The second kappa shape index (κ2) is 11.4. The largest absolute Gasteiger partial charge is 0.483 e. The van der Waals surface area contributed by atoms with Crippen molar-refractivity contribution in [1.29, 1.82) is 0 Å². The predicted molar refractivity (Wildman–Crippen MR) is 143 cm³/mol. The number of aryl methyl sites for hydroxylation is 1. The number of aromatic nitrogens is 4. The summed E-state index contributed by atoms with van der Waals surface area (Å²) in [5, 5.41) is 15.5. The Morgan fingerprint density at radius 2 is 1.97 bits per heavy atom. The van der Waals surface area contributed by atoms with Crippen molar-refractivity contribution in [3.63, 3.8) is 0 Å². The summed E-state index contributed by atoms with van der Waals surface area (Å²) in [6, 6.07) is 13.1. The van der Waals surface area contributed by atoms with Gasteiger partial charge in [-0.05, 0) is 51.1 Å². The van der Waals surface area contributed by atoms with E-state index in [1.165, 1.54) is 28.7 Å². The van der Waals surface area contributed by atoms with Crippen molar-refractivity contribution in [2.75, 3.05) is 11.1 Å². The minimum atomic E-state index is -0.290. The van der Waals surface area contributed by atoms with E-state index in [4.69, 9.17) is 27.9 Å². The average molecular weight is 549 g/mol. The highest BCUT2D eigenvalue weighted by Gasteiger charge is 2.20. The maximum atomic E-state index is 12.6. The molecule has 2 heterocycles. The summed E-state index contributed by atoms with van der Waals surface area (Å²) in [4.78, 5) is 17.0. The Morgan fingerprint density at radius 1 is 1.20 bits per heavy atom. The van der Waals surface area contributed by atoms with Crippen molar-refractivity contribution in [2.24, 2.45) is 0 Å². The molecule has 182 valence electrons. The summed E-state index contributed by atoms with van der Waals surface area (Å²) >= 11 is 14.9. The summed E-state index contributed by atoms with van der Waals surface area (Å²) in [7, 11) is 0. The fraction of sp³-hybridized carbons (Fsp3) is 0.250. The van der Waals surface area contributed by atoms with Gasteiger partial charge in [0, 0.05) is 22.5 Å². The highest BCUT2D eigenvalue weighted by atomic mass is 35.5. The van der Waals surface area contributed by atoms with Crippen LogP contribution in [0.3, 0.4) is 0 Å². The normalized spacial score (nSPS) is 11.9. The van der Waals surface area contributed by atoms with E-state index >= 15 is 0 Å². The molecular formula is C24H23Cl2N5O2S2. The Bertz CT molecular complexity index is 1320. The number of thiazole rings is 1. The summed E-state index contributed by atoms with van der Waals surface area (Å²) in [5.41, 5.74) is 2.60. The van der Waals surface area contributed by atoms with Gasteiger partial charge in [-0.15, -0.1) is 21.5 Å². The Hall–Kier alpha value is -2.59. The van der Waals surface area contributed by atoms with Gasteiger partial charge in [-0.2, -0.15) is 0 Å². The van der Waals surface area contributed by atoms with Crippen LogP contribution < -0.4 is 10.1 Å². The molecule has 0 bridgehead atoms. The second-order valence-corrected chi connectivity index (χ2v) is 10.3. The lowest BCUT2D eigenvalue weighted by Crippen LogP contribution is -2.15. The van der Waals surface area contributed by atoms with Gasteiger partial charge in [0.25, 0.3) is 0 Å². The number of ether oxygens (including phenoxy) is 1. The number of anilines is 1. The molecule has 2 aromatic heterocycles. The zero-order valence-electron chi connectivity index (χ0n) is 19.3. The molecule has 0 fully saturated rings. The van der Waals surface area contributed by atoms with Crippen molar-refractivity contribution >= 4 is 57.3 Å².